The smallest absolute Gasteiger partial charge is 0.279 e. The summed E-state index contributed by atoms with van der Waals surface area (Å²) < 4.78 is 30.7. The third kappa shape index (κ3) is 3.88. The van der Waals surface area contributed by atoms with Crippen LogP contribution < -0.4 is 10.9 Å². The molecule has 3 heterocycles. The highest BCUT2D eigenvalue weighted by molar-refractivity contribution is 6.08. The molecule has 34 heavy (non-hydrogen) atoms. The van der Waals surface area contributed by atoms with E-state index < -0.39 is 17.5 Å². The summed E-state index contributed by atoms with van der Waals surface area (Å²) in [7, 11) is 0. The van der Waals surface area contributed by atoms with Crippen LogP contribution in [0.25, 0.3) is 5.65 Å². The fourth-order valence-corrected chi connectivity index (χ4v) is 4.56. The summed E-state index contributed by atoms with van der Waals surface area (Å²) >= 11 is 0. The first-order chi connectivity index (χ1) is 16.5. The largest absolute Gasteiger partial charge is 0.329 e. The number of benzene rings is 2. The molecule has 1 aliphatic rings. The summed E-state index contributed by atoms with van der Waals surface area (Å²) in [6.07, 6.45) is 1.94. The molecule has 174 valence electrons. The van der Waals surface area contributed by atoms with Crippen molar-refractivity contribution in [1.82, 2.24) is 19.1 Å². The summed E-state index contributed by atoms with van der Waals surface area (Å²) in [5, 5.41) is 6.58. The zero-order chi connectivity index (χ0) is 23.8. The number of anilines is 1. The van der Waals surface area contributed by atoms with E-state index in [-0.39, 0.29) is 16.8 Å². The van der Waals surface area contributed by atoms with E-state index in [1.165, 1.54) is 16.3 Å². The van der Waals surface area contributed by atoms with Crippen LogP contribution in [0.1, 0.15) is 34.1 Å². The van der Waals surface area contributed by atoms with Crippen LogP contribution in [-0.4, -0.2) is 31.5 Å². The number of halogens is 2. The van der Waals surface area contributed by atoms with Crippen molar-refractivity contribution in [3.8, 4) is 0 Å². The number of carbonyl (C=O) groups excluding carboxylic acids is 1. The lowest BCUT2D eigenvalue weighted by Gasteiger charge is -2.30. The van der Waals surface area contributed by atoms with Gasteiger partial charge in [-0.3, -0.25) is 14.5 Å². The van der Waals surface area contributed by atoms with Crippen molar-refractivity contribution < 1.29 is 13.6 Å². The molecule has 2 aromatic heterocycles. The number of aromatic nitrogens is 3. The fraction of sp³-hybridized carbons (Fsp3) is 0.240. The summed E-state index contributed by atoms with van der Waals surface area (Å²) in [5.41, 5.74) is 2.62. The van der Waals surface area contributed by atoms with Crippen LogP contribution in [0.3, 0.4) is 0 Å². The first-order valence-electron chi connectivity index (χ1n) is 11.1. The SMILES string of the molecule is CCn1c2c(c(=O)n3ncc(C(=O)Nc4cc(F)ccc4F)c13)CN(Cc1ccccc1)CC2. The lowest BCUT2D eigenvalue weighted by atomic mass is 10.0. The number of nitrogens with zero attached hydrogens (tertiary/aromatic N) is 4. The van der Waals surface area contributed by atoms with Crippen LogP contribution >= 0.6 is 0 Å². The number of fused-ring (bicyclic) bond motifs is 2. The molecule has 1 N–H and O–H groups in total. The molecule has 0 aliphatic carbocycles. The van der Waals surface area contributed by atoms with Crippen molar-refractivity contribution in [2.24, 2.45) is 0 Å². The molecule has 7 nitrogen and oxygen atoms in total. The summed E-state index contributed by atoms with van der Waals surface area (Å²) in [5.74, 6) is -2.09. The Morgan fingerprint density at radius 3 is 2.71 bits per heavy atom. The van der Waals surface area contributed by atoms with Crippen LogP contribution in [-0.2, 0) is 26.1 Å². The van der Waals surface area contributed by atoms with E-state index in [1.54, 1.807) is 0 Å². The Bertz CT molecular complexity index is 1450. The van der Waals surface area contributed by atoms with Crippen LogP contribution in [0.15, 0.2) is 59.5 Å². The van der Waals surface area contributed by atoms with Crippen molar-refractivity contribution in [3.63, 3.8) is 0 Å². The average Bonchev–Trinajstić information content (AvgIpc) is 3.28. The van der Waals surface area contributed by atoms with Crippen LogP contribution in [0, 0.1) is 11.6 Å². The number of hydrogen-bond acceptors (Lipinski definition) is 4. The molecule has 2 aromatic carbocycles. The number of aryl methyl sites for hydroxylation is 1. The van der Waals surface area contributed by atoms with E-state index in [2.05, 4.69) is 27.4 Å². The Hall–Kier alpha value is -3.85. The van der Waals surface area contributed by atoms with Crippen molar-refractivity contribution >= 4 is 17.2 Å². The second-order valence-electron chi connectivity index (χ2n) is 8.29. The third-order valence-electron chi connectivity index (χ3n) is 6.16. The Balaban J connectivity index is 1.52. The summed E-state index contributed by atoms with van der Waals surface area (Å²) in [6, 6.07) is 12.9. The number of carbonyl (C=O) groups is 1. The molecule has 5 rings (SSSR count). The number of rotatable bonds is 5. The maximum absolute atomic E-state index is 14.1. The van der Waals surface area contributed by atoms with Gasteiger partial charge in [-0.1, -0.05) is 30.3 Å². The summed E-state index contributed by atoms with van der Waals surface area (Å²) in [6.45, 7) is 4.43. The minimum absolute atomic E-state index is 0.122. The molecule has 0 radical (unpaired) electrons. The molecule has 9 heteroatoms. The van der Waals surface area contributed by atoms with Crippen molar-refractivity contribution in [1.29, 1.82) is 0 Å². The van der Waals surface area contributed by atoms with Gasteiger partial charge in [-0.05, 0) is 24.6 Å². The molecule has 1 amide bonds. The lowest BCUT2D eigenvalue weighted by Crippen LogP contribution is -2.38. The quantitative estimate of drug-likeness (QED) is 0.491. The van der Waals surface area contributed by atoms with E-state index in [0.29, 0.717) is 30.7 Å². The molecular formula is C25H23F2N5O2. The van der Waals surface area contributed by atoms with E-state index in [4.69, 9.17) is 0 Å². The molecule has 0 spiro atoms. The minimum atomic E-state index is -0.755. The topological polar surface area (TPSA) is 71.6 Å². The van der Waals surface area contributed by atoms with Gasteiger partial charge >= 0.3 is 0 Å². The second-order valence-corrected chi connectivity index (χ2v) is 8.29. The highest BCUT2D eigenvalue weighted by Gasteiger charge is 2.27. The third-order valence-corrected chi connectivity index (χ3v) is 6.16. The molecule has 0 unspecified atom stereocenters. The van der Waals surface area contributed by atoms with Crippen molar-refractivity contribution in [2.75, 3.05) is 11.9 Å². The Morgan fingerprint density at radius 2 is 1.94 bits per heavy atom. The minimum Gasteiger partial charge on any atom is -0.329 e. The molecule has 4 aromatic rings. The summed E-state index contributed by atoms with van der Waals surface area (Å²) in [4.78, 5) is 28.5. The van der Waals surface area contributed by atoms with Gasteiger partial charge in [0.25, 0.3) is 11.5 Å². The van der Waals surface area contributed by atoms with E-state index in [0.717, 1.165) is 37.0 Å². The van der Waals surface area contributed by atoms with Crippen LogP contribution in [0.2, 0.25) is 0 Å². The molecule has 0 bridgehead atoms. The van der Waals surface area contributed by atoms with Gasteiger partial charge in [-0.15, -0.1) is 0 Å². The van der Waals surface area contributed by atoms with Crippen molar-refractivity contribution in [3.05, 3.63) is 99.1 Å². The number of amides is 1. The van der Waals surface area contributed by atoms with E-state index in [9.17, 15) is 18.4 Å². The van der Waals surface area contributed by atoms with Crippen LogP contribution in [0.5, 0.6) is 0 Å². The van der Waals surface area contributed by atoms with Gasteiger partial charge in [0, 0.05) is 44.4 Å². The normalized spacial score (nSPS) is 13.7. The fourth-order valence-electron chi connectivity index (χ4n) is 4.56. The van der Waals surface area contributed by atoms with Gasteiger partial charge in [0.2, 0.25) is 0 Å². The molecule has 0 saturated carbocycles. The Labute approximate surface area is 194 Å². The van der Waals surface area contributed by atoms with Crippen LogP contribution in [0.4, 0.5) is 14.5 Å². The molecule has 0 saturated heterocycles. The van der Waals surface area contributed by atoms with Gasteiger partial charge in [0.05, 0.1) is 17.4 Å². The molecule has 1 aliphatic heterocycles. The van der Waals surface area contributed by atoms with E-state index >= 15 is 0 Å². The Kier molecular flexibility index (Phi) is 5.70. The van der Waals surface area contributed by atoms with Gasteiger partial charge in [0.1, 0.15) is 17.2 Å². The lowest BCUT2D eigenvalue weighted by molar-refractivity contribution is 0.102. The average molecular weight is 463 g/mol. The predicted molar refractivity (Wildman–Crippen MR) is 124 cm³/mol. The van der Waals surface area contributed by atoms with Crippen molar-refractivity contribution in [2.45, 2.75) is 33.0 Å². The Morgan fingerprint density at radius 1 is 1.15 bits per heavy atom. The first kappa shape index (κ1) is 22.0. The zero-order valence-corrected chi connectivity index (χ0v) is 18.6. The highest BCUT2D eigenvalue weighted by Crippen LogP contribution is 2.23. The molecular weight excluding hydrogens is 440 g/mol. The van der Waals surface area contributed by atoms with Gasteiger partial charge in [0.15, 0.2) is 5.65 Å². The number of nitrogens with one attached hydrogen (secondary N) is 1. The van der Waals surface area contributed by atoms with Gasteiger partial charge in [-0.25, -0.2) is 8.78 Å². The molecule has 0 atom stereocenters. The maximum atomic E-state index is 14.1. The monoisotopic (exact) mass is 463 g/mol. The first-order valence-corrected chi connectivity index (χ1v) is 11.1. The molecule has 0 fully saturated rings. The van der Waals surface area contributed by atoms with Gasteiger partial charge in [-0.2, -0.15) is 9.61 Å². The predicted octanol–water partition coefficient (Wildman–Crippen LogP) is 3.60. The second kappa shape index (κ2) is 8.83. The zero-order valence-electron chi connectivity index (χ0n) is 18.6. The number of hydrogen-bond donors (Lipinski definition) is 1. The standard InChI is InChI=1S/C25H23F2N5O2/c1-2-31-22-10-11-30(14-16-6-4-3-5-7-16)15-19(22)25(34)32-24(31)18(13-28-32)23(33)29-21-12-17(26)8-9-20(21)27/h3-9,12-13H,2,10-11,14-15H2,1H3,(H,29,33). The highest BCUT2D eigenvalue weighted by atomic mass is 19.1. The maximum Gasteiger partial charge on any atom is 0.279 e. The van der Waals surface area contributed by atoms with Gasteiger partial charge < -0.3 is 9.88 Å². The van der Waals surface area contributed by atoms with E-state index in [1.807, 2.05) is 29.7 Å².